The lowest BCUT2D eigenvalue weighted by molar-refractivity contribution is -0.142. The van der Waals surface area contributed by atoms with Gasteiger partial charge in [0.1, 0.15) is 18.1 Å². The molecule has 0 aliphatic carbocycles. The highest BCUT2D eigenvalue weighted by Gasteiger charge is 2.29. The second kappa shape index (κ2) is 14.0. The van der Waals surface area contributed by atoms with E-state index in [9.17, 15) is 24.3 Å². The van der Waals surface area contributed by atoms with Crippen molar-refractivity contribution in [2.75, 3.05) is 0 Å². The molecule has 0 saturated carbocycles. The average molecular weight is 497 g/mol. The molecule has 4 atom stereocenters. The van der Waals surface area contributed by atoms with Crippen molar-refractivity contribution in [1.29, 1.82) is 0 Å². The highest BCUT2D eigenvalue weighted by Crippen LogP contribution is 2.09. The molecule has 0 fully saturated rings. The largest absolute Gasteiger partial charge is 0.480 e. The molecule has 0 bridgehead atoms. The molecule has 6 N–H and O–H groups in total. The SMILES string of the molecule is CC(C)CC(NC(=O)C(C)NC(=O)C(N)Cc1ccccc1)C(=O)NC(Cc1ccccc1)C(=O)O. The van der Waals surface area contributed by atoms with Crippen molar-refractivity contribution >= 4 is 23.7 Å². The number of hydrogen-bond acceptors (Lipinski definition) is 5. The lowest BCUT2D eigenvalue weighted by Gasteiger charge is -2.25. The molecule has 0 saturated heterocycles. The zero-order valence-electron chi connectivity index (χ0n) is 20.9. The Hall–Kier alpha value is -3.72. The molecule has 36 heavy (non-hydrogen) atoms. The van der Waals surface area contributed by atoms with Gasteiger partial charge < -0.3 is 26.8 Å². The predicted octanol–water partition coefficient (Wildman–Crippen LogP) is 1.40. The minimum absolute atomic E-state index is 0.0441. The van der Waals surface area contributed by atoms with E-state index in [4.69, 9.17) is 5.73 Å². The van der Waals surface area contributed by atoms with Crippen molar-refractivity contribution in [2.24, 2.45) is 11.7 Å². The van der Waals surface area contributed by atoms with Crippen LogP contribution in [0, 0.1) is 5.92 Å². The maximum absolute atomic E-state index is 13.0. The lowest BCUT2D eigenvalue weighted by atomic mass is 10.0. The maximum atomic E-state index is 13.0. The topological polar surface area (TPSA) is 151 Å². The number of nitrogens with two attached hydrogens (primary N) is 1. The first kappa shape index (κ1) is 28.5. The van der Waals surface area contributed by atoms with Crippen LogP contribution in [-0.4, -0.2) is 53.0 Å². The Morgan fingerprint density at radius 2 is 1.22 bits per heavy atom. The highest BCUT2D eigenvalue weighted by molar-refractivity contribution is 5.94. The highest BCUT2D eigenvalue weighted by atomic mass is 16.4. The van der Waals surface area contributed by atoms with Crippen molar-refractivity contribution in [1.82, 2.24) is 16.0 Å². The van der Waals surface area contributed by atoms with E-state index in [2.05, 4.69) is 16.0 Å². The van der Waals surface area contributed by atoms with Crippen molar-refractivity contribution in [3.63, 3.8) is 0 Å². The standard InChI is InChI=1S/C27H36N4O5/c1-17(2)14-22(26(34)31-23(27(35)36)16-20-12-8-5-9-13-20)30-24(32)18(3)29-25(33)21(28)15-19-10-6-4-7-11-19/h4-13,17-18,21-23H,14-16,28H2,1-3H3,(H,29,33)(H,30,32)(H,31,34)(H,35,36). The molecule has 194 valence electrons. The van der Waals surface area contributed by atoms with Crippen LogP contribution in [0.4, 0.5) is 0 Å². The Morgan fingerprint density at radius 3 is 1.72 bits per heavy atom. The van der Waals surface area contributed by atoms with Gasteiger partial charge in [0.25, 0.3) is 0 Å². The monoisotopic (exact) mass is 496 g/mol. The number of rotatable bonds is 13. The summed E-state index contributed by atoms with van der Waals surface area (Å²) in [6.07, 6.45) is 0.719. The van der Waals surface area contributed by atoms with E-state index in [1.54, 1.807) is 24.3 Å². The zero-order valence-corrected chi connectivity index (χ0v) is 20.9. The Kier molecular flexibility index (Phi) is 11.1. The lowest BCUT2D eigenvalue weighted by Crippen LogP contribution is -2.57. The minimum atomic E-state index is -1.17. The fraction of sp³-hybridized carbons (Fsp3) is 0.407. The molecular formula is C27H36N4O5. The van der Waals surface area contributed by atoms with Crippen LogP contribution >= 0.6 is 0 Å². The molecule has 0 spiro atoms. The van der Waals surface area contributed by atoms with Gasteiger partial charge in [0.15, 0.2) is 0 Å². The van der Waals surface area contributed by atoms with Crippen LogP contribution in [0.15, 0.2) is 60.7 Å². The predicted molar refractivity (Wildman–Crippen MR) is 137 cm³/mol. The smallest absolute Gasteiger partial charge is 0.326 e. The van der Waals surface area contributed by atoms with Crippen LogP contribution < -0.4 is 21.7 Å². The second-order valence-corrected chi connectivity index (χ2v) is 9.31. The summed E-state index contributed by atoms with van der Waals surface area (Å²) in [4.78, 5) is 50.0. The molecule has 0 aliphatic heterocycles. The number of carboxylic acids is 1. The third-order valence-corrected chi connectivity index (χ3v) is 5.62. The fourth-order valence-electron chi connectivity index (χ4n) is 3.67. The Bertz CT molecular complexity index is 1010. The number of carboxylic acid groups (broad SMARTS) is 1. The summed E-state index contributed by atoms with van der Waals surface area (Å²) in [5.74, 6) is -2.77. The molecule has 0 heterocycles. The van der Waals surface area contributed by atoms with E-state index < -0.39 is 47.9 Å². The summed E-state index contributed by atoms with van der Waals surface area (Å²) in [6, 6.07) is 14.4. The van der Waals surface area contributed by atoms with Gasteiger partial charge in [-0.1, -0.05) is 74.5 Å². The number of aliphatic carboxylic acids is 1. The van der Waals surface area contributed by atoms with Gasteiger partial charge in [-0.2, -0.15) is 0 Å². The number of amides is 3. The van der Waals surface area contributed by atoms with Gasteiger partial charge in [0.05, 0.1) is 6.04 Å². The Labute approximate surface area is 211 Å². The van der Waals surface area contributed by atoms with Crippen LogP contribution in [0.2, 0.25) is 0 Å². The summed E-state index contributed by atoms with van der Waals surface area (Å²) in [5.41, 5.74) is 7.66. The third kappa shape index (κ3) is 9.50. The van der Waals surface area contributed by atoms with Crippen LogP contribution in [-0.2, 0) is 32.0 Å². The maximum Gasteiger partial charge on any atom is 0.326 e. The van der Waals surface area contributed by atoms with Crippen molar-refractivity contribution < 1.29 is 24.3 Å². The molecule has 0 aromatic heterocycles. The molecule has 2 rings (SSSR count). The molecule has 3 amide bonds. The summed E-state index contributed by atoms with van der Waals surface area (Å²) in [6.45, 7) is 5.28. The normalized spacial score (nSPS) is 14.2. The van der Waals surface area contributed by atoms with E-state index in [1.165, 1.54) is 6.92 Å². The van der Waals surface area contributed by atoms with E-state index in [-0.39, 0.29) is 12.3 Å². The molecule has 2 aromatic carbocycles. The number of hydrogen-bond donors (Lipinski definition) is 5. The Morgan fingerprint density at radius 1 is 0.722 bits per heavy atom. The second-order valence-electron chi connectivity index (χ2n) is 9.31. The van der Waals surface area contributed by atoms with Gasteiger partial charge >= 0.3 is 5.97 Å². The van der Waals surface area contributed by atoms with Crippen LogP contribution in [0.25, 0.3) is 0 Å². The number of carbonyl (C=O) groups is 4. The van der Waals surface area contributed by atoms with Gasteiger partial charge in [-0.3, -0.25) is 14.4 Å². The van der Waals surface area contributed by atoms with E-state index in [0.717, 1.165) is 11.1 Å². The Balaban J connectivity index is 1.99. The van der Waals surface area contributed by atoms with E-state index >= 15 is 0 Å². The molecule has 4 unspecified atom stereocenters. The molecule has 0 aliphatic rings. The fourth-order valence-corrected chi connectivity index (χ4v) is 3.67. The number of benzene rings is 2. The van der Waals surface area contributed by atoms with E-state index in [1.807, 2.05) is 50.2 Å². The van der Waals surface area contributed by atoms with Gasteiger partial charge in [-0.15, -0.1) is 0 Å². The molecule has 9 nitrogen and oxygen atoms in total. The summed E-state index contributed by atoms with van der Waals surface area (Å²) in [7, 11) is 0. The van der Waals surface area contributed by atoms with Gasteiger partial charge in [-0.25, -0.2) is 4.79 Å². The quantitative estimate of drug-likeness (QED) is 0.283. The molecule has 9 heteroatoms. The van der Waals surface area contributed by atoms with Crippen LogP contribution in [0.5, 0.6) is 0 Å². The van der Waals surface area contributed by atoms with E-state index in [0.29, 0.717) is 12.8 Å². The summed E-state index contributed by atoms with van der Waals surface area (Å²) < 4.78 is 0. The van der Waals surface area contributed by atoms with Crippen molar-refractivity contribution in [3.05, 3.63) is 71.8 Å². The van der Waals surface area contributed by atoms with Crippen LogP contribution in [0.3, 0.4) is 0 Å². The average Bonchev–Trinajstić information content (AvgIpc) is 2.83. The summed E-state index contributed by atoms with van der Waals surface area (Å²) in [5, 5.41) is 17.4. The number of nitrogens with one attached hydrogen (secondary N) is 3. The first-order valence-electron chi connectivity index (χ1n) is 12.0. The number of carbonyl (C=O) groups excluding carboxylic acids is 3. The summed E-state index contributed by atoms with van der Waals surface area (Å²) >= 11 is 0. The first-order chi connectivity index (χ1) is 17.1. The third-order valence-electron chi connectivity index (χ3n) is 5.62. The molecule has 2 aromatic rings. The zero-order chi connectivity index (χ0) is 26.7. The van der Waals surface area contributed by atoms with Crippen molar-refractivity contribution in [2.45, 2.75) is 64.2 Å². The minimum Gasteiger partial charge on any atom is -0.480 e. The van der Waals surface area contributed by atoms with Crippen LogP contribution in [0.1, 0.15) is 38.3 Å². The molecular weight excluding hydrogens is 460 g/mol. The van der Waals surface area contributed by atoms with Gasteiger partial charge in [-0.05, 0) is 36.8 Å². The van der Waals surface area contributed by atoms with Gasteiger partial charge in [0.2, 0.25) is 17.7 Å². The van der Waals surface area contributed by atoms with Crippen molar-refractivity contribution in [3.8, 4) is 0 Å². The first-order valence-corrected chi connectivity index (χ1v) is 12.0. The molecule has 0 radical (unpaired) electrons. The van der Waals surface area contributed by atoms with Gasteiger partial charge in [0, 0.05) is 6.42 Å².